The summed E-state index contributed by atoms with van der Waals surface area (Å²) in [5.74, 6) is -0.840. The van der Waals surface area contributed by atoms with Gasteiger partial charge in [0.2, 0.25) is 0 Å². The molecule has 0 radical (unpaired) electrons. The van der Waals surface area contributed by atoms with Crippen molar-refractivity contribution in [1.29, 1.82) is 0 Å². The number of amides is 2. The number of carbonyl (C=O) groups is 2. The fourth-order valence-electron chi connectivity index (χ4n) is 1.60. The maximum Gasteiger partial charge on any atom is 0.315 e. The number of hydrogen-bond donors (Lipinski definition) is 3. The number of aromatic nitrogens is 1. The number of rotatable bonds is 5. The zero-order valence-corrected chi connectivity index (χ0v) is 9.85. The Balaban J connectivity index is 1.72. The number of carbonyl (C=O) groups excluding carboxylic acids is 1. The third kappa shape index (κ3) is 2.97. The molecule has 0 aromatic carbocycles. The van der Waals surface area contributed by atoms with Gasteiger partial charge in [0, 0.05) is 12.7 Å². The summed E-state index contributed by atoms with van der Waals surface area (Å²) in [6, 6.07) is 5.08. The van der Waals surface area contributed by atoms with E-state index in [1.165, 1.54) is 0 Å². The Kier molecular flexibility index (Phi) is 3.45. The maximum absolute atomic E-state index is 11.5. The molecule has 1 aromatic heterocycles. The largest absolute Gasteiger partial charge is 0.481 e. The van der Waals surface area contributed by atoms with E-state index in [4.69, 9.17) is 5.11 Å². The lowest BCUT2D eigenvalue weighted by Gasteiger charge is -2.11. The summed E-state index contributed by atoms with van der Waals surface area (Å²) in [6.07, 6.45) is 2.91. The fraction of sp³-hybridized carbons (Fsp3) is 0.417. The highest BCUT2D eigenvalue weighted by Crippen LogP contribution is 2.45. The number of carboxylic acids is 1. The smallest absolute Gasteiger partial charge is 0.315 e. The first-order chi connectivity index (χ1) is 8.62. The Morgan fingerprint density at radius 1 is 1.33 bits per heavy atom. The van der Waals surface area contributed by atoms with Crippen LogP contribution < -0.4 is 10.6 Å². The quantitative estimate of drug-likeness (QED) is 0.718. The van der Waals surface area contributed by atoms with Crippen LogP contribution in [-0.2, 0) is 11.3 Å². The fourth-order valence-corrected chi connectivity index (χ4v) is 1.60. The SMILES string of the molecule is O=C(NCc1ccccn1)NCC1(C(=O)O)CC1. The summed E-state index contributed by atoms with van der Waals surface area (Å²) in [5.41, 5.74) is 0.0227. The second-order valence-electron chi connectivity index (χ2n) is 4.44. The zero-order valence-electron chi connectivity index (χ0n) is 9.85. The van der Waals surface area contributed by atoms with Crippen LogP contribution in [0, 0.1) is 5.41 Å². The highest BCUT2D eigenvalue weighted by Gasteiger charge is 2.50. The number of aliphatic carboxylic acids is 1. The van der Waals surface area contributed by atoms with Gasteiger partial charge >= 0.3 is 12.0 Å². The van der Waals surface area contributed by atoms with Crippen LogP contribution in [0.1, 0.15) is 18.5 Å². The molecule has 18 heavy (non-hydrogen) atoms. The van der Waals surface area contributed by atoms with Gasteiger partial charge in [0.15, 0.2) is 0 Å². The Morgan fingerprint density at radius 3 is 2.67 bits per heavy atom. The maximum atomic E-state index is 11.5. The van der Waals surface area contributed by atoms with Crippen molar-refractivity contribution in [3.63, 3.8) is 0 Å². The standard InChI is InChI=1S/C12H15N3O3/c16-10(17)12(4-5-12)8-15-11(18)14-7-9-3-1-2-6-13-9/h1-3,6H,4-5,7-8H2,(H,16,17)(H2,14,15,18). The van der Waals surface area contributed by atoms with E-state index in [2.05, 4.69) is 15.6 Å². The molecule has 6 heteroatoms. The first-order valence-corrected chi connectivity index (χ1v) is 5.77. The number of nitrogens with zero attached hydrogens (tertiary/aromatic N) is 1. The van der Waals surface area contributed by atoms with Crippen molar-refractivity contribution >= 4 is 12.0 Å². The normalized spacial score (nSPS) is 15.8. The van der Waals surface area contributed by atoms with Crippen molar-refractivity contribution < 1.29 is 14.7 Å². The lowest BCUT2D eigenvalue weighted by molar-refractivity contribution is -0.143. The lowest BCUT2D eigenvalue weighted by Crippen LogP contribution is -2.40. The van der Waals surface area contributed by atoms with E-state index < -0.39 is 11.4 Å². The molecule has 0 aliphatic heterocycles. The van der Waals surface area contributed by atoms with Crippen molar-refractivity contribution in [2.24, 2.45) is 5.41 Å². The predicted octanol–water partition coefficient (Wildman–Crippen LogP) is 0.746. The van der Waals surface area contributed by atoms with Gasteiger partial charge < -0.3 is 15.7 Å². The van der Waals surface area contributed by atoms with Crippen LogP contribution in [0.3, 0.4) is 0 Å². The van der Waals surface area contributed by atoms with E-state index in [9.17, 15) is 9.59 Å². The molecule has 2 rings (SSSR count). The first-order valence-electron chi connectivity index (χ1n) is 5.77. The summed E-state index contributed by atoms with van der Waals surface area (Å²) in [7, 11) is 0. The van der Waals surface area contributed by atoms with E-state index in [1.54, 1.807) is 18.3 Å². The van der Waals surface area contributed by atoms with E-state index in [-0.39, 0.29) is 12.6 Å². The number of nitrogens with one attached hydrogen (secondary N) is 2. The zero-order chi connectivity index (χ0) is 13.0. The monoisotopic (exact) mass is 249 g/mol. The minimum absolute atomic E-state index is 0.177. The van der Waals surface area contributed by atoms with Gasteiger partial charge in [0.05, 0.1) is 17.7 Å². The molecule has 1 aliphatic carbocycles. The third-order valence-electron chi connectivity index (χ3n) is 3.05. The van der Waals surface area contributed by atoms with Gasteiger partial charge in [-0.15, -0.1) is 0 Å². The van der Waals surface area contributed by atoms with Gasteiger partial charge in [0.25, 0.3) is 0 Å². The van der Waals surface area contributed by atoms with E-state index in [1.807, 2.05) is 6.07 Å². The van der Waals surface area contributed by atoms with E-state index >= 15 is 0 Å². The molecule has 1 aromatic rings. The second kappa shape index (κ2) is 5.03. The van der Waals surface area contributed by atoms with E-state index in [0.29, 0.717) is 19.4 Å². The number of hydrogen-bond acceptors (Lipinski definition) is 3. The average Bonchev–Trinajstić information content (AvgIpc) is 3.16. The number of pyridine rings is 1. The summed E-state index contributed by atoms with van der Waals surface area (Å²) < 4.78 is 0. The number of carboxylic acid groups (broad SMARTS) is 1. The average molecular weight is 249 g/mol. The van der Waals surface area contributed by atoms with Crippen LogP contribution in [-0.4, -0.2) is 28.6 Å². The van der Waals surface area contributed by atoms with Crippen molar-refractivity contribution in [3.05, 3.63) is 30.1 Å². The number of urea groups is 1. The molecule has 0 spiro atoms. The van der Waals surface area contributed by atoms with Crippen LogP contribution >= 0.6 is 0 Å². The molecule has 1 aliphatic rings. The molecule has 6 nitrogen and oxygen atoms in total. The van der Waals surface area contributed by atoms with Crippen LogP contribution in [0.2, 0.25) is 0 Å². The summed E-state index contributed by atoms with van der Waals surface area (Å²) in [4.78, 5) is 26.4. The highest BCUT2D eigenvalue weighted by atomic mass is 16.4. The van der Waals surface area contributed by atoms with E-state index in [0.717, 1.165) is 5.69 Å². The molecule has 0 unspecified atom stereocenters. The van der Waals surface area contributed by atoms with Gasteiger partial charge in [0.1, 0.15) is 0 Å². The molecule has 0 bridgehead atoms. The second-order valence-corrected chi connectivity index (χ2v) is 4.44. The van der Waals surface area contributed by atoms with Gasteiger partial charge in [-0.2, -0.15) is 0 Å². The first kappa shape index (κ1) is 12.3. The third-order valence-corrected chi connectivity index (χ3v) is 3.05. The van der Waals surface area contributed by atoms with Crippen LogP contribution in [0.15, 0.2) is 24.4 Å². The summed E-state index contributed by atoms with van der Waals surface area (Å²) in [6.45, 7) is 0.503. The molecular weight excluding hydrogens is 234 g/mol. The van der Waals surface area contributed by atoms with Crippen LogP contribution in [0.4, 0.5) is 4.79 Å². The molecule has 0 atom stereocenters. The molecular formula is C12H15N3O3. The van der Waals surface area contributed by atoms with Gasteiger partial charge in [-0.25, -0.2) is 4.79 Å². The predicted molar refractivity (Wildman–Crippen MR) is 63.8 cm³/mol. The highest BCUT2D eigenvalue weighted by molar-refractivity contribution is 5.80. The Bertz CT molecular complexity index is 443. The van der Waals surface area contributed by atoms with Crippen LogP contribution in [0.5, 0.6) is 0 Å². The summed E-state index contributed by atoms with van der Waals surface area (Å²) in [5, 5.41) is 14.2. The van der Waals surface area contributed by atoms with Crippen molar-refractivity contribution in [2.45, 2.75) is 19.4 Å². The Labute approximate surface area is 104 Å². The topological polar surface area (TPSA) is 91.3 Å². The Morgan fingerprint density at radius 2 is 2.11 bits per heavy atom. The lowest BCUT2D eigenvalue weighted by atomic mass is 10.1. The molecule has 3 N–H and O–H groups in total. The van der Waals surface area contributed by atoms with Gasteiger partial charge in [-0.05, 0) is 25.0 Å². The molecule has 1 heterocycles. The molecule has 96 valence electrons. The minimum Gasteiger partial charge on any atom is -0.481 e. The Hall–Kier alpha value is -2.11. The molecule has 1 fully saturated rings. The van der Waals surface area contributed by atoms with Crippen LogP contribution in [0.25, 0.3) is 0 Å². The molecule has 0 saturated heterocycles. The molecule has 2 amide bonds. The van der Waals surface area contributed by atoms with Crippen molar-refractivity contribution in [2.75, 3.05) is 6.54 Å². The summed E-state index contributed by atoms with van der Waals surface area (Å²) >= 11 is 0. The minimum atomic E-state index is -0.840. The van der Waals surface area contributed by atoms with Gasteiger partial charge in [-0.1, -0.05) is 6.07 Å². The van der Waals surface area contributed by atoms with Gasteiger partial charge in [-0.3, -0.25) is 9.78 Å². The molecule has 1 saturated carbocycles. The van der Waals surface area contributed by atoms with Crippen molar-refractivity contribution in [3.8, 4) is 0 Å². The van der Waals surface area contributed by atoms with Crippen molar-refractivity contribution in [1.82, 2.24) is 15.6 Å².